The lowest BCUT2D eigenvalue weighted by Crippen LogP contribution is -2.40. The predicted molar refractivity (Wildman–Crippen MR) is 196 cm³/mol. The van der Waals surface area contributed by atoms with Gasteiger partial charge in [0.1, 0.15) is 6.04 Å². The third-order valence-electron chi connectivity index (χ3n) is 8.24. The van der Waals surface area contributed by atoms with E-state index >= 15 is 0 Å². The molecule has 0 spiro atoms. The highest BCUT2D eigenvalue weighted by molar-refractivity contribution is 9.10. The average molecular weight is 735 g/mol. The largest absolute Gasteiger partial charge is 0.463 e. The van der Waals surface area contributed by atoms with Crippen LogP contribution in [0.1, 0.15) is 31.0 Å². The molecule has 1 aliphatic heterocycles. The van der Waals surface area contributed by atoms with Gasteiger partial charge in [0.25, 0.3) is 5.56 Å². The summed E-state index contributed by atoms with van der Waals surface area (Å²) >= 11 is 11.6. The lowest BCUT2D eigenvalue weighted by Gasteiger charge is -2.25. The Morgan fingerprint density at radius 1 is 0.938 bits per heavy atom. The van der Waals surface area contributed by atoms with E-state index in [9.17, 15) is 9.59 Å². The summed E-state index contributed by atoms with van der Waals surface area (Å²) in [7, 11) is 0. The van der Waals surface area contributed by atoms with Crippen molar-refractivity contribution in [2.75, 3.05) is 6.61 Å². The number of carbonyl (C=O) groups excluding carboxylic acids is 1. The van der Waals surface area contributed by atoms with Crippen molar-refractivity contribution in [1.29, 1.82) is 0 Å². The molecule has 6 nitrogen and oxygen atoms in total. The van der Waals surface area contributed by atoms with Gasteiger partial charge in [-0.05, 0) is 73.0 Å². The van der Waals surface area contributed by atoms with E-state index in [2.05, 4.69) is 63.0 Å². The normalized spacial score (nSPS) is 14.5. The molecule has 0 bridgehead atoms. The number of allylic oxidation sites excluding steroid dienone is 1. The van der Waals surface area contributed by atoms with Crippen LogP contribution in [0.2, 0.25) is 5.02 Å². The summed E-state index contributed by atoms with van der Waals surface area (Å²) in [5.74, 6) is -0.525. The maximum Gasteiger partial charge on any atom is 0.338 e. The van der Waals surface area contributed by atoms with Gasteiger partial charge < -0.3 is 9.30 Å². The molecule has 0 fully saturated rings. The summed E-state index contributed by atoms with van der Waals surface area (Å²) in [5, 5.41) is 0.444. The number of halogens is 2. The van der Waals surface area contributed by atoms with E-state index in [0.717, 1.165) is 38.2 Å². The minimum absolute atomic E-state index is 0.191. The Morgan fingerprint density at radius 3 is 2.25 bits per heavy atom. The van der Waals surface area contributed by atoms with Gasteiger partial charge in [0.05, 0.1) is 33.8 Å². The number of hydrogen-bond acceptors (Lipinski definition) is 5. The van der Waals surface area contributed by atoms with Crippen molar-refractivity contribution in [3.8, 4) is 28.2 Å². The van der Waals surface area contributed by atoms with Crippen molar-refractivity contribution in [2.45, 2.75) is 19.9 Å². The molecular formula is C39H29BrClN3O3S. The highest BCUT2D eigenvalue weighted by Crippen LogP contribution is 2.37. The number of rotatable bonds is 7. The number of hydrogen-bond donors (Lipinski definition) is 0. The second-order valence-electron chi connectivity index (χ2n) is 11.2. The molecule has 0 saturated heterocycles. The fraction of sp³-hybridized carbons (Fsp3) is 0.103. The van der Waals surface area contributed by atoms with Crippen molar-refractivity contribution < 1.29 is 9.53 Å². The van der Waals surface area contributed by atoms with Crippen LogP contribution in [0.3, 0.4) is 0 Å². The van der Waals surface area contributed by atoms with Gasteiger partial charge in [-0.2, -0.15) is 0 Å². The molecule has 2 aromatic heterocycles. The number of esters is 1. The van der Waals surface area contributed by atoms with Crippen LogP contribution in [-0.4, -0.2) is 21.7 Å². The molecule has 0 amide bonds. The first-order chi connectivity index (χ1) is 23.4. The summed E-state index contributed by atoms with van der Waals surface area (Å²) in [5.41, 5.74) is 6.93. The predicted octanol–water partition coefficient (Wildman–Crippen LogP) is 8.34. The molecule has 1 atom stereocenters. The molecule has 3 heterocycles. The SMILES string of the molecule is CCOC(=O)C1=C(C)N=c2sc(=Cc3cc(-c4ccccc4)n(-c4ccc(Br)cc4)c3-c3ccccc3)c(=O)n2[C@H]1c1ccccc1Cl. The third kappa shape index (κ3) is 5.81. The summed E-state index contributed by atoms with van der Waals surface area (Å²) in [6, 6.07) is 37.1. The first-order valence-electron chi connectivity index (χ1n) is 15.4. The Bertz CT molecular complexity index is 2380. The van der Waals surface area contributed by atoms with Crippen LogP contribution < -0.4 is 14.9 Å². The zero-order valence-corrected chi connectivity index (χ0v) is 29.2. The monoisotopic (exact) mass is 733 g/mol. The quantitative estimate of drug-likeness (QED) is 0.155. The maximum absolute atomic E-state index is 14.5. The Hall–Kier alpha value is -4.76. The van der Waals surface area contributed by atoms with Crippen LogP contribution in [-0.2, 0) is 9.53 Å². The Labute approximate surface area is 294 Å². The molecule has 0 unspecified atom stereocenters. The Kier molecular flexibility index (Phi) is 8.88. The van der Waals surface area contributed by atoms with E-state index in [4.69, 9.17) is 21.3 Å². The molecule has 7 rings (SSSR count). The van der Waals surface area contributed by atoms with E-state index in [-0.39, 0.29) is 12.2 Å². The molecule has 238 valence electrons. The summed E-state index contributed by atoms with van der Waals surface area (Å²) < 4.78 is 10.7. The lowest BCUT2D eigenvalue weighted by atomic mass is 9.96. The number of thiazole rings is 1. The van der Waals surface area contributed by atoms with Crippen LogP contribution in [0, 0.1) is 0 Å². The Morgan fingerprint density at radius 2 is 1.58 bits per heavy atom. The van der Waals surface area contributed by atoms with Gasteiger partial charge in [-0.1, -0.05) is 118 Å². The molecule has 4 aromatic carbocycles. The van der Waals surface area contributed by atoms with Crippen LogP contribution in [0.15, 0.2) is 141 Å². The molecule has 0 radical (unpaired) electrons. The first kappa shape index (κ1) is 31.8. The number of carbonyl (C=O) groups is 1. The number of aromatic nitrogens is 2. The van der Waals surface area contributed by atoms with Gasteiger partial charge in [0.2, 0.25) is 0 Å². The highest BCUT2D eigenvalue weighted by atomic mass is 79.9. The standard InChI is InChI=1S/C39H29BrClN3O3S/c1-3-47-38(46)34-24(2)42-39-44(36(34)30-16-10-11-17-31(30)41)37(45)33(48-39)23-27-22-32(25-12-6-4-7-13-25)43(29-20-18-28(40)19-21-29)35(27)26-14-8-5-9-15-26/h4-23,36H,3H2,1-2H3/t36-/m0/s1. The smallest absolute Gasteiger partial charge is 0.338 e. The molecule has 9 heteroatoms. The van der Waals surface area contributed by atoms with Gasteiger partial charge in [0, 0.05) is 20.7 Å². The molecule has 6 aromatic rings. The summed E-state index contributed by atoms with van der Waals surface area (Å²) in [4.78, 5) is 33.1. The molecule has 0 saturated carbocycles. The van der Waals surface area contributed by atoms with Crippen molar-refractivity contribution in [2.24, 2.45) is 4.99 Å². The topological polar surface area (TPSA) is 65.6 Å². The maximum atomic E-state index is 14.5. The van der Waals surface area contributed by atoms with E-state index in [0.29, 0.717) is 31.2 Å². The third-order valence-corrected chi connectivity index (χ3v) is 10.1. The number of fused-ring (bicyclic) bond motifs is 1. The van der Waals surface area contributed by atoms with Crippen LogP contribution in [0.25, 0.3) is 34.3 Å². The van der Waals surface area contributed by atoms with Crippen molar-refractivity contribution in [1.82, 2.24) is 9.13 Å². The van der Waals surface area contributed by atoms with Gasteiger partial charge in [-0.25, -0.2) is 9.79 Å². The van der Waals surface area contributed by atoms with E-state index in [1.165, 1.54) is 11.3 Å². The number of benzene rings is 4. The zero-order valence-electron chi connectivity index (χ0n) is 26.1. The summed E-state index contributed by atoms with van der Waals surface area (Å²) in [6.07, 6.45) is 1.93. The van der Waals surface area contributed by atoms with E-state index in [1.54, 1.807) is 24.5 Å². The second kappa shape index (κ2) is 13.4. The molecular weight excluding hydrogens is 706 g/mol. The van der Waals surface area contributed by atoms with Crippen LogP contribution in [0.5, 0.6) is 0 Å². The molecule has 1 aliphatic rings. The minimum atomic E-state index is -0.794. The lowest BCUT2D eigenvalue weighted by molar-refractivity contribution is -0.139. The van der Waals surface area contributed by atoms with Crippen LogP contribution in [0.4, 0.5) is 0 Å². The fourth-order valence-electron chi connectivity index (χ4n) is 6.14. The average Bonchev–Trinajstić information content (AvgIpc) is 3.62. The van der Waals surface area contributed by atoms with E-state index in [1.807, 2.05) is 72.8 Å². The minimum Gasteiger partial charge on any atom is -0.463 e. The van der Waals surface area contributed by atoms with Crippen molar-refractivity contribution in [3.05, 3.63) is 167 Å². The van der Waals surface area contributed by atoms with Crippen molar-refractivity contribution >= 4 is 50.9 Å². The van der Waals surface area contributed by atoms with E-state index < -0.39 is 12.0 Å². The van der Waals surface area contributed by atoms with Crippen LogP contribution >= 0.6 is 38.9 Å². The Balaban J connectivity index is 1.52. The second-order valence-corrected chi connectivity index (χ2v) is 13.5. The van der Waals surface area contributed by atoms with Gasteiger partial charge in [-0.15, -0.1) is 0 Å². The van der Waals surface area contributed by atoms with Crippen molar-refractivity contribution in [3.63, 3.8) is 0 Å². The number of nitrogens with zero attached hydrogens (tertiary/aromatic N) is 3. The van der Waals surface area contributed by atoms with Gasteiger partial charge >= 0.3 is 5.97 Å². The van der Waals surface area contributed by atoms with Gasteiger partial charge in [-0.3, -0.25) is 9.36 Å². The highest BCUT2D eigenvalue weighted by Gasteiger charge is 2.34. The molecule has 48 heavy (non-hydrogen) atoms. The molecule has 0 N–H and O–H groups in total. The first-order valence-corrected chi connectivity index (χ1v) is 17.4. The fourth-order valence-corrected chi connectivity index (χ4v) is 7.68. The number of ether oxygens (including phenoxy) is 1. The van der Waals surface area contributed by atoms with Gasteiger partial charge in [0.15, 0.2) is 4.80 Å². The zero-order chi connectivity index (χ0) is 33.4. The molecule has 0 aliphatic carbocycles. The summed E-state index contributed by atoms with van der Waals surface area (Å²) in [6.45, 7) is 3.71.